The van der Waals surface area contributed by atoms with Gasteiger partial charge in [-0.3, -0.25) is 4.79 Å². The first-order valence-corrected chi connectivity index (χ1v) is 5.92. The van der Waals surface area contributed by atoms with Crippen LogP contribution in [0.4, 0.5) is 0 Å². The molecule has 0 aromatic heterocycles. The number of carbonyl (C=O) groups is 1. The Hall–Kier alpha value is -1.82. The maximum atomic E-state index is 12.1. The van der Waals surface area contributed by atoms with Gasteiger partial charge in [-0.2, -0.15) is 0 Å². The van der Waals surface area contributed by atoms with E-state index in [2.05, 4.69) is 4.85 Å². The lowest BCUT2D eigenvalue weighted by molar-refractivity contribution is -0.131. The van der Waals surface area contributed by atoms with Gasteiger partial charge in [0, 0.05) is 13.1 Å². The van der Waals surface area contributed by atoms with E-state index in [-0.39, 0.29) is 5.91 Å². The van der Waals surface area contributed by atoms with E-state index in [1.807, 2.05) is 44.2 Å². The Morgan fingerprint density at radius 2 is 1.88 bits per heavy atom. The molecule has 1 rings (SSSR count). The number of likely N-dealkylation sites (N-methyl/N-ethyl adjacent to an activating group) is 1. The smallest absolute Gasteiger partial charge is 0.306 e. The van der Waals surface area contributed by atoms with Gasteiger partial charge in [-0.1, -0.05) is 30.3 Å². The van der Waals surface area contributed by atoms with Crippen molar-refractivity contribution in [3.8, 4) is 0 Å². The van der Waals surface area contributed by atoms with Gasteiger partial charge in [0.1, 0.15) is 0 Å². The lowest BCUT2D eigenvalue weighted by atomic mass is 10.1. The summed E-state index contributed by atoms with van der Waals surface area (Å²) in [6.45, 7) is 12.4. The highest BCUT2D eigenvalue weighted by atomic mass is 16.2. The molecule has 0 fully saturated rings. The normalized spacial score (nSPS) is 11.6. The van der Waals surface area contributed by atoms with Crippen LogP contribution in [0.2, 0.25) is 0 Å². The summed E-state index contributed by atoms with van der Waals surface area (Å²) in [7, 11) is 0. The molecular formula is C14H18N2O. The standard InChI is InChI=1S/C14H18N2O/c1-4-16(5-2)14(17)13(15-3)11-12-9-7-6-8-10-12/h6-10,13H,4-5,11H2,1-2H3. The first kappa shape index (κ1) is 13.2. The third-order valence-corrected chi connectivity index (χ3v) is 2.79. The first-order valence-electron chi connectivity index (χ1n) is 5.92. The van der Waals surface area contributed by atoms with Crippen LogP contribution in [-0.4, -0.2) is 29.9 Å². The van der Waals surface area contributed by atoms with Crippen LogP contribution in [-0.2, 0) is 11.2 Å². The van der Waals surface area contributed by atoms with Crippen molar-refractivity contribution in [1.29, 1.82) is 0 Å². The number of nitrogens with zero attached hydrogens (tertiary/aromatic N) is 2. The third kappa shape index (κ3) is 3.60. The molecule has 0 N–H and O–H groups in total. The van der Waals surface area contributed by atoms with Crippen LogP contribution in [0.15, 0.2) is 30.3 Å². The second-order valence-corrected chi connectivity index (χ2v) is 3.85. The molecule has 1 atom stereocenters. The summed E-state index contributed by atoms with van der Waals surface area (Å²) in [6, 6.07) is 9.11. The summed E-state index contributed by atoms with van der Waals surface area (Å²) < 4.78 is 0. The van der Waals surface area contributed by atoms with E-state index in [1.165, 1.54) is 0 Å². The van der Waals surface area contributed by atoms with Gasteiger partial charge in [-0.15, -0.1) is 0 Å². The first-order chi connectivity index (χ1) is 8.22. The van der Waals surface area contributed by atoms with Crippen molar-refractivity contribution in [3.63, 3.8) is 0 Å². The Balaban J connectivity index is 2.73. The van der Waals surface area contributed by atoms with Crippen molar-refractivity contribution < 1.29 is 4.79 Å². The fourth-order valence-electron chi connectivity index (χ4n) is 1.77. The summed E-state index contributed by atoms with van der Waals surface area (Å²) >= 11 is 0. The molecule has 1 unspecified atom stereocenters. The number of carbonyl (C=O) groups excluding carboxylic acids is 1. The van der Waals surface area contributed by atoms with Crippen molar-refractivity contribution in [3.05, 3.63) is 47.3 Å². The van der Waals surface area contributed by atoms with E-state index < -0.39 is 6.04 Å². The third-order valence-electron chi connectivity index (χ3n) is 2.79. The van der Waals surface area contributed by atoms with E-state index in [1.54, 1.807) is 4.90 Å². The lowest BCUT2D eigenvalue weighted by Gasteiger charge is -2.19. The van der Waals surface area contributed by atoms with Gasteiger partial charge in [0.2, 0.25) is 0 Å². The van der Waals surface area contributed by atoms with Crippen LogP contribution in [0.1, 0.15) is 19.4 Å². The molecule has 1 aromatic carbocycles. The zero-order chi connectivity index (χ0) is 12.7. The van der Waals surface area contributed by atoms with Crippen molar-refractivity contribution in [1.82, 2.24) is 4.90 Å². The van der Waals surface area contributed by atoms with Crippen molar-refractivity contribution >= 4 is 5.91 Å². The second kappa shape index (κ2) is 6.70. The number of amides is 1. The molecular weight excluding hydrogens is 212 g/mol. The average molecular weight is 230 g/mol. The number of benzene rings is 1. The van der Waals surface area contributed by atoms with Gasteiger partial charge < -0.3 is 9.74 Å². The maximum Gasteiger partial charge on any atom is 0.306 e. The molecule has 0 aliphatic carbocycles. The zero-order valence-corrected chi connectivity index (χ0v) is 10.4. The fourth-order valence-corrected chi connectivity index (χ4v) is 1.77. The number of rotatable bonds is 5. The van der Waals surface area contributed by atoms with E-state index in [9.17, 15) is 4.79 Å². The van der Waals surface area contributed by atoms with Crippen LogP contribution in [0, 0.1) is 6.57 Å². The SMILES string of the molecule is [C-]#[N+]C(Cc1ccccc1)C(=O)N(CC)CC. The Labute approximate surface area is 103 Å². The average Bonchev–Trinajstić information content (AvgIpc) is 2.38. The number of hydrogen-bond acceptors (Lipinski definition) is 1. The molecule has 1 amide bonds. The van der Waals surface area contributed by atoms with Gasteiger partial charge in [0.15, 0.2) is 0 Å². The highest BCUT2D eigenvalue weighted by Crippen LogP contribution is 2.09. The van der Waals surface area contributed by atoms with E-state index in [0.29, 0.717) is 19.5 Å². The van der Waals surface area contributed by atoms with Gasteiger partial charge in [0.25, 0.3) is 0 Å². The Morgan fingerprint density at radius 1 is 1.29 bits per heavy atom. The summed E-state index contributed by atoms with van der Waals surface area (Å²) in [5.41, 5.74) is 1.04. The van der Waals surface area contributed by atoms with E-state index >= 15 is 0 Å². The van der Waals surface area contributed by atoms with Crippen molar-refractivity contribution in [2.24, 2.45) is 0 Å². The fraction of sp³-hybridized carbons (Fsp3) is 0.429. The highest BCUT2D eigenvalue weighted by molar-refractivity contribution is 5.83. The molecule has 0 saturated heterocycles. The minimum Gasteiger partial charge on any atom is -0.337 e. The second-order valence-electron chi connectivity index (χ2n) is 3.85. The molecule has 0 aliphatic heterocycles. The van der Waals surface area contributed by atoms with Crippen molar-refractivity contribution in [2.75, 3.05) is 13.1 Å². The van der Waals surface area contributed by atoms with E-state index in [4.69, 9.17) is 6.57 Å². The van der Waals surface area contributed by atoms with Gasteiger partial charge in [0.05, 0.1) is 6.42 Å². The van der Waals surface area contributed by atoms with E-state index in [0.717, 1.165) is 5.56 Å². The van der Waals surface area contributed by atoms with Crippen LogP contribution in [0.3, 0.4) is 0 Å². The minimum atomic E-state index is -0.586. The molecule has 0 saturated carbocycles. The Bertz CT molecular complexity index is 390. The molecule has 90 valence electrons. The van der Waals surface area contributed by atoms with Crippen LogP contribution >= 0.6 is 0 Å². The van der Waals surface area contributed by atoms with Crippen LogP contribution < -0.4 is 0 Å². The molecule has 0 heterocycles. The molecule has 0 aliphatic rings. The van der Waals surface area contributed by atoms with Crippen molar-refractivity contribution in [2.45, 2.75) is 26.3 Å². The van der Waals surface area contributed by atoms with Crippen LogP contribution in [0.5, 0.6) is 0 Å². The summed E-state index contributed by atoms with van der Waals surface area (Å²) in [6.07, 6.45) is 0.500. The van der Waals surface area contributed by atoms with Gasteiger partial charge in [-0.05, 0) is 19.4 Å². The Kier molecular flexibility index (Phi) is 5.22. The lowest BCUT2D eigenvalue weighted by Crippen LogP contribution is -2.38. The van der Waals surface area contributed by atoms with Gasteiger partial charge in [-0.25, -0.2) is 6.57 Å². The largest absolute Gasteiger partial charge is 0.337 e. The van der Waals surface area contributed by atoms with Gasteiger partial charge >= 0.3 is 11.9 Å². The molecule has 3 nitrogen and oxygen atoms in total. The molecule has 0 radical (unpaired) electrons. The highest BCUT2D eigenvalue weighted by Gasteiger charge is 2.27. The summed E-state index contributed by atoms with van der Waals surface area (Å²) in [5.74, 6) is -0.0612. The molecule has 0 spiro atoms. The number of hydrogen-bond donors (Lipinski definition) is 0. The predicted molar refractivity (Wildman–Crippen MR) is 68.5 cm³/mol. The maximum absolute atomic E-state index is 12.1. The minimum absolute atomic E-state index is 0.0612. The Morgan fingerprint density at radius 3 is 2.35 bits per heavy atom. The molecule has 1 aromatic rings. The quantitative estimate of drug-likeness (QED) is 0.713. The topological polar surface area (TPSA) is 24.7 Å². The summed E-state index contributed by atoms with van der Waals surface area (Å²) in [4.78, 5) is 17.2. The summed E-state index contributed by atoms with van der Waals surface area (Å²) in [5, 5.41) is 0. The molecule has 3 heteroatoms. The monoisotopic (exact) mass is 230 g/mol. The molecule has 17 heavy (non-hydrogen) atoms. The zero-order valence-electron chi connectivity index (χ0n) is 10.4. The molecule has 0 bridgehead atoms. The van der Waals surface area contributed by atoms with Crippen LogP contribution in [0.25, 0.3) is 4.85 Å². The predicted octanol–water partition coefficient (Wildman–Crippen LogP) is 2.39.